The Bertz CT molecular complexity index is 2430. The summed E-state index contributed by atoms with van der Waals surface area (Å²) >= 11 is 1.83. The fourth-order valence-corrected chi connectivity index (χ4v) is 8.31. The zero-order chi connectivity index (χ0) is 30.1. The quantitative estimate of drug-likeness (QED) is 0.190. The van der Waals surface area contributed by atoms with Crippen LogP contribution in [0.5, 0.6) is 0 Å². The van der Waals surface area contributed by atoms with Gasteiger partial charge in [0.1, 0.15) is 0 Å². The topological polar surface area (TPSA) is 38.7 Å². The van der Waals surface area contributed by atoms with Gasteiger partial charge in [-0.05, 0) is 87.7 Å². The molecule has 0 saturated heterocycles. The molecule has 7 aromatic rings. The van der Waals surface area contributed by atoms with Gasteiger partial charge in [-0.15, -0.1) is 11.3 Å². The molecule has 2 atom stereocenters. The Hall–Kier alpha value is -4.93. The van der Waals surface area contributed by atoms with Crippen LogP contribution < -0.4 is 0 Å². The van der Waals surface area contributed by atoms with Gasteiger partial charge in [0.2, 0.25) is 0 Å². The van der Waals surface area contributed by atoms with Crippen LogP contribution in [0.1, 0.15) is 49.6 Å². The van der Waals surface area contributed by atoms with Crippen molar-refractivity contribution in [2.45, 2.75) is 32.6 Å². The molecule has 0 aliphatic heterocycles. The van der Waals surface area contributed by atoms with Crippen LogP contribution in [-0.4, -0.2) is 15.0 Å². The third-order valence-corrected chi connectivity index (χ3v) is 10.6. The highest BCUT2D eigenvalue weighted by Crippen LogP contribution is 2.42. The second-order valence-corrected chi connectivity index (χ2v) is 13.6. The van der Waals surface area contributed by atoms with Crippen LogP contribution in [0.4, 0.5) is 0 Å². The summed E-state index contributed by atoms with van der Waals surface area (Å²) in [5.74, 6) is 3.02. The van der Waals surface area contributed by atoms with Crippen LogP contribution in [0.2, 0.25) is 0 Å². The third-order valence-electron chi connectivity index (χ3n) is 9.43. The standard InChI is InChI=1S/C41H31N3S/c1-24-9-7-11-26(21-24)39-42-40(44-41(43-39)28-18-20-37-34(22-28)32-14-5-6-16-36(32)45-37)27-17-19-31-29-12-3-4-13-30(29)33-15-8-10-25(2)38(33)35(31)23-27/h3-8,11-25H,9-10H2,1-2H3. The van der Waals surface area contributed by atoms with Gasteiger partial charge in [0.15, 0.2) is 17.5 Å². The van der Waals surface area contributed by atoms with E-state index in [0.717, 1.165) is 35.4 Å². The summed E-state index contributed by atoms with van der Waals surface area (Å²) in [6.45, 7) is 4.59. The highest BCUT2D eigenvalue weighted by Gasteiger charge is 2.21. The van der Waals surface area contributed by atoms with E-state index in [1.807, 2.05) is 11.3 Å². The van der Waals surface area contributed by atoms with E-state index >= 15 is 0 Å². The molecule has 0 N–H and O–H groups in total. The van der Waals surface area contributed by atoms with Gasteiger partial charge in [-0.1, -0.05) is 98.8 Å². The maximum Gasteiger partial charge on any atom is 0.164 e. The van der Waals surface area contributed by atoms with Crippen LogP contribution in [0, 0.1) is 5.92 Å². The van der Waals surface area contributed by atoms with E-state index in [4.69, 9.17) is 15.0 Å². The van der Waals surface area contributed by atoms with Crippen LogP contribution in [-0.2, 0) is 0 Å². The molecule has 2 heterocycles. The zero-order valence-electron chi connectivity index (χ0n) is 25.3. The molecule has 9 rings (SSSR count). The molecule has 4 heteroatoms. The second kappa shape index (κ2) is 10.3. The monoisotopic (exact) mass is 597 g/mol. The second-order valence-electron chi connectivity index (χ2n) is 12.5. The number of allylic oxidation sites excluding steroid dienone is 5. The van der Waals surface area contributed by atoms with Gasteiger partial charge in [-0.25, -0.2) is 15.0 Å². The molecular formula is C41H31N3S. The van der Waals surface area contributed by atoms with Crippen molar-refractivity contribution in [1.82, 2.24) is 15.0 Å². The predicted octanol–water partition coefficient (Wildman–Crippen LogP) is 11.4. The van der Waals surface area contributed by atoms with Gasteiger partial charge >= 0.3 is 0 Å². The molecule has 45 heavy (non-hydrogen) atoms. The van der Waals surface area contributed by atoms with Crippen molar-refractivity contribution < 1.29 is 0 Å². The average Bonchev–Trinajstić information content (AvgIpc) is 3.46. The molecule has 0 spiro atoms. The largest absolute Gasteiger partial charge is 0.208 e. The minimum absolute atomic E-state index is 0.433. The number of hydrogen-bond acceptors (Lipinski definition) is 4. The Kier molecular flexibility index (Phi) is 6.07. The summed E-state index contributed by atoms with van der Waals surface area (Å²) in [5, 5.41) is 7.70. The van der Waals surface area contributed by atoms with Crippen molar-refractivity contribution >= 4 is 64.7 Å². The number of fused-ring (bicyclic) bond motifs is 9. The highest BCUT2D eigenvalue weighted by atomic mass is 32.1. The molecule has 0 fully saturated rings. The predicted molar refractivity (Wildman–Crippen MR) is 192 cm³/mol. The average molecular weight is 598 g/mol. The van der Waals surface area contributed by atoms with Crippen molar-refractivity contribution in [2.24, 2.45) is 5.92 Å². The van der Waals surface area contributed by atoms with Crippen LogP contribution in [0.3, 0.4) is 0 Å². The molecule has 0 bridgehead atoms. The van der Waals surface area contributed by atoms with Crippen LogP contribution in [0.15, 0.2) is 109 Å². The van der Waals surface area contributed by atoms with E-state index < -0.39 is 0 Å². The smallest absolute Gasteiger partial charge is 0.164 e. The normalized spacial score (nSPS) is 17.8. The lowest BCUT2D eigenvalue weighted by Gasteiger charge is -2.23. The van der Waals surface area contributed by atoms with Crippen molar-refractivity contribution in [1.29, 1.82) is 0 Å². The molecule has 216 valence electrons. The molecule has 5 aromatic carbocycles. The first kappa shape index (κ1) is 26.5. The van der Waals surface area contributed by atoms with Crippen molar-refractivity contribution in [3.05, 3.63) is 126 Å². The molecule has 2 aliphatic rings. The van der Waals surface area contributed by atoms with Crippen LogP contribution in [0.25, 0.3) is 76.1 Å². The van der Waals surface area contributed by atoms with Crippen molar-refractivity contribution in [2.75, 3.05) is 0 Å². The van der Waals surface area contributed by atoms with E-state index in [-0.39, 0.29) is 0 Å². The summed E-state index contributed by atoms with van der Waals surface area (Å²) in [5.41, 5.74) is 5.84. The van der Waals surface area contributed by atoms with Gasteiger partial charge in [-0.3, -0.25) is 0 Å². The van der Waals surface area contributed by atoms with Crippen molar-refractivity contribution in [3.63, 3.8) is 0 Å². The fourth-order valence-electron chi connectivity index (χ4n) is 7.22. The minimum atomic E-state index is 0.433. The lowest BCUT2D eigenvalue weighted by Crippen LogP contribution is -2.05. The molecule has 2 aliphatic carbocycles. The van der Waals surface area contributed by atoms with E-state index in [1.165, 1.54) is 52.8 Å². The molecule has 0 amide bonds. The van der Waals surface area contributed by atoms with Gasteiger partial charge in [0.05, 0.1) is 0 Å². The number of nitrogens with zero attached hydrogens (tertiary/aromatic N) is 3. The lowest BCUT2D eigenvalue weighted by molar-refractivity contribution is 0.738. The maximum absolute atomic E-state index is 5.18. The molecule has 2 aromatic heterocycles. The molecule has 0 radical (unpaired) electrons. The van der Waals surface area contributed by atoms with Gasteiger partial charge < -0.3 is 0 Å². The first-order valence-electron chi connectivity index (χ1n) is 15.8. The Balaban J connectivity index is 1.28. The number of rotatable bonds is 3. The van der Waals surface area contributed by atoms with E-state index in [2.05, 4.69) is 129 Å². The summed E-state index contributed by atoms with van der Waals surface area (Å²) in [6.07, 6.45) is 13.4. The first-order chi connectivity index (χ1) is 22.1. The Morgan fingerprint density at radius 3 is 2.04 bits per heavy atom. The van der Waals surface area contributed by atoms with E-state index in [9.17, 15) is 0 Å². The Morgan fingerprint density at radius 2 is 1.22 bits per heavy atom. The third kappa shape index (κ3) is 4.35. The minimum Gasteiger partial charge on any atom is -0.208 e. The number of thiophene rings is 1. The fraction of sp³-hybridized carbons (Fsp3) is 0.146. The molecule has 2 unspecified atom stereocenters. The lowest BCUT2D eigenvalue weighted by atomic mass is 9.81. The number of benzene rings is 5. The summed E-state index contributed by atoms with van der Waals surface area (Å²) < 4.78 is 2.57. The van der Waals surface area contributed by atoms with E-state index in [0.29, 0.717) is 23.5 Å². The Labute approximate surface area is 266 Å². The molecule has 3 nitrogen and oxygen atoms in total. The number of aromatic nitrogens is 3. The number of hydrogen-bond donors (Lipinski definition) is 0. The maximum atomic E-state index is 5.18. The van der Waals surface area contributed by atoms with Crippen LogP contribution >= 0.6 is 11.3 Å². The highest BCUT2D eigenvalue weighted by molar-refractivity contribution is 7.25. The zero-order valence-corrected chi connectivity index (χ0v) is 26.1. The molecular weight excluding hydrogens is 567 g/mol. The van der Waals surface area contributed by atoms with E-state index in [1.54, 1.807) is 0 Å². The molecule has 0 saturated carbocycles. The van der Waals surface area contributed by atoms with Gasteiger partial charge in [-0.2, -0.15) is 0 Å². The summed E-state index contributed by atoms with van der Waals surface area (Å²) in [4.78, 5) is 15.4. The van der Waals surface area contributed by atoms with Crippen molar-refractivity contribution in [3.8, 4) is 22.8 Å². The summed E-state index contributed by atoms with van der Waals surface area (Å²) in [7, 11) is 0. The Morgan fingerprint density at radius 1 is 0.578 bits per heavy atom. The SMILES string of the molecule is CC1C=C(c2nc(-c3ccc4c(c3)c3c(c5ccccc54)C=CCC3C)nc(-c3ccc4sc5ccccc5c4c3)n2)C=CC1. The van der Waals surface area contributed by atoms with Gasteiger partial charge in [0.25, 0.3) is 0 Å². The van der Waals surface area contributed by atoms with Gasteiger partial charge in [0, 0.05) is 36.9 Å². The first-order valence-corrected chi connectivity index (χ1v) is 16.6. The summed E-state index contributed by atoms with van der Waals surface area (Å²) in [6, 6.07) is 30.8.